The van der Waals surface area contributed by atoms with Crippen LogP contribution in [-0.4, -0.2) is 44.0 Å². The van der Waals surface area contributed by atoms with Crippen LogP contribution in [0.2, 0.25) is 0 Å². The van der Waals surface area contributed by atoms with Gasteiger partial charge in [0, 0.05) is 25.8 Å². The molecule has 2 aromatic rings. The third-order valence-electron chi connectivity index (χ3n) is 5.87. The Morgan fingerprint density at radius 3 is 2.78 bits per heavy atom. The normalized spacial score (nSPS) is 18.8. The lowest BCUT2D eigenvalue weighted by atomic mass is 9.95. The highest BCUT2D eigenvalue weighted by atomic mass is 32.1. The van der Waals surface area contributed by atoms with E-state index in [-0.39, 0.29) is 11.9 Å². The van der Waals surface area contributed by atoms with E-state index in [0.29, 0.717) is 6.54 Å². The Bertz CT molecular complexity index is 768. The number of rotatable bonds is 5. The molecule has 27 heavy (non-hydrogen) atoms. The SMILES string of the molecule is CN1CCCc2cc([C@H](CNC(=O)c3cccs3)N3CCCCC3)ccc21. The van der Waals surface area contributed by atoms with E-state index in [1.807, 2.05) is 17.5 Å². The van der Waals surface area contributed by atoms with Crippen molar-refractivity contribution in [2.75, 3.05) is 38.1 Å². The number of benzene rings is 1. The van der Waals surface area contributed by atoms with Crippen molar-refractivity contribution >= 4 is 22.9 Å². The fourth-order valence-corrected chi connectivity index (χ4v) is 5.02. The molecule has 1 saturated heterocycles. The first-order valence-electron chi connectivity index (χ1n) is 10.1. The molecule has 0 radical (unpaired) electrons. The number of carbonyl (C=O) groups is 1. The van der Waals surface area contributed by atoms with Gasteiger partial charge in [0.15, 0.2) is 0 Å². The summed E-state index contributed by atoms with van der Waals surface area (Å²) in [4.78, 5) is 18.2. The zero-order valence-corrected chi connectivity index (χ0v) is 16.9. The van der Waals surface area contributed by atoms with Gasteiger partial charge < -0.3 is 10.2 Å². The molecule has 1 atom stereocenters. The standard InChI is InChI=1S/C22H29N3OS/c1-24-11-5-7-17-15-18(9-10-19(17)24)20(25-12-3-2-4-13-25)16-23-22(26)21-8-6-14-27-21/h6,8-10,14-15,20H,2-5,7,11-13,16H2,1H3,(H,23,26)/t20-/m0/s1. The van der Waals surface area contributed by atoms with Gasteiger partial charge in [0.05, 0.1) is 10.9 Å². The van der Waals surface area contributed by atoms with Crippen LogP contribution in [0.4, 0.5) is 5.69 Å². The number of nitrogens with zero attached hydrogens (tertiary/aromatic N) is 2. The van der Waals surface area contributed by atoms with Crippen LogP contribution in [0, 0.1) is 0 Å². The molecule has 4 rings (SSSR count). The van der Waals surface area contributed by atoms with Gasteiger partial charge in [-0.1, -0.05) is 24.6 Å². The Kier molecular flexibility index (Phi) is 5.79. The van der Waals surface area contributed by atoms with Crippen molar-refractivity contribution in [2.24, 2.45) is 0 Å². The quantitative estimate of drug-likeness (QED) is 0.845. The third-order valence-corrected chi connectivity index (χ3v) is 6.74. The molecule has 1 aromatic carbocycles. The maximum absolute atomic E-state index is 12.5. The number of thiophene rings is 1. The van der Waals surface area contributed by atoms with Gasteiger partial charge in [-0.05, 0) is 67.4 Å². The highest BCUT2D eigenvalue weighted by Gasteiger charge is 2.25. The van der Waals surface area contributed by atoms with Crippen molar-refractivity contribution in [3.63, 3.8) is 0 Å². The maximum atomic E-state index is 12.5. The molecule has 0 saturated carbocycles. The van der Waals surface area contributed by atoms with Crippen molar-refractivity contribution in [1.82, 2.24) is 10.2 Å². The first-order valence-corrected chi connectivity index (χ1v) is 11.0. The van der Waals surface area contributed by atoms with Crippen LogP contribution in [0.5, 0.6) is 0 Å². The Hall–Kier alpha value is -1.85. The Morgan fingerprint density at radius 2 is 2.00 bits per heavy atom. The second kappa shape index (κ2) is 8.44. The average Bonchev–Trinajstić information content (AvgIpc) is 3.24. The molecule has 1 N–H and O–H groups in total. The summed E-state index contributed by atoms with van der Waals surface area (Å²) in [7, 11) is 2.18. The van der Waals surface area contributed by atoms with Gasteiger partial charge in [0.2, 0.25) is 0 Å². The van der Waals surface area contributed by atoms with Crippen LogP contribution in [-0.2, 0) is 6.42 Å². The van der Waals surface area contributed by atoms with E-state index >= 15 is 0 Å². The van der Waals surface area contributed by atoms with E-state index in [0.717, 1.165) is 30.9 Å². The van der Waals surface area contributed by atoms with Gasteiger partial charge in [-0.15, -0.1) is 11.3 Å². The van der Waals surface area contributed by atoms with Crippen molar-refractivity contribution in [2.45, 2.75) is 38.1 Å². The number of anilines is 1. The number of nitrogens with one attached hydrogen (secondary N) is 1. The van der Waals surface area contributed by atoms with E-state index in [4.69, 9.17) is 0 Å². The van der Waals surface area contributed by atoms with Crippen LogP contribution < -0.4 is 10.2 Å². The largest absolute Gasteiger partial charge is 0.374 e. The topological polar surface area (TPSA) is 35.6 Å². The lowest BCUT2D eigenvalue weighted by Crippen LogP contribution is -2.40. The lowest BCUT2D eigenvalue weighted by molar-refractivity contribution is 0.0928. The third kappa shape index (κ3) is 4.19. The average molecular weight is 384 g/mol. The molecular formula is C22H29N3OS. The molecular weight excluding hydrogens is 354 g/mol. The number of hydrogen-bond acceptors (Lipinski definition) is 4. The number of hydrogen-bond donors (Lipinski definition) is 1. The van der Waals surface area contributed by atoms with E-state index in [1.54, 1.807) is 0 Å². The molecule has 3 heterocycles. The molecule has 0 unspecified atom stereocenters. The van der Waals surface area contributed by atoms with Gasteiger partial charge in [-0.25, -0.2) is 0 Å². The van der Waals surface area contributed by atoms with Crippen LogP contribution in [0.15, 0.2) is 35.7 Å². The molecule has 5 heteroatoms. The number of fused-ring (bicyclic) bond motifs is 1. The summed E-state index contributed by atoms with van der Waals surface area (Å²) in [6.07, 6.45) is 6.20. The van der Waals surface area contributed by atoms with Gasteiger partial charge in [0.25, 0.3) is 5.91 Å². The fourth-order valence-electron chi connectivity index (χ4n) is 4.38. The number of piperidine rings is 1. The summed E-state index contributed by atoms with van der Waals surface area (Å²) in [5.41, 5.74) is 4.16. The summed E-state index contributed by atoms with van der Waals surface area (Å²) in [6.45, 7) is 4.05. The van der Waals surface area contributed by atoms with Crippen LogP contribution >= 0.6 is 11.3 Å². The van der Waals surface area contributed by atoms with E-state index in [9.17, 15) is 4.79 Å². The Balaban J connectivity index is 1.55. The van der Waals surface area contributed by atoms with Crippen LogP contribution in [0.25, 0.3) is 0 Å². The number of amides is 1. The maximum Gasteiger partial charge on any atom is 0.261 e. The Labute approximate surface area is 166 Å². The number of carbonyl (C=O) groups excluding carboxylic acids is 1. The molecule has 2 aliphatic rings. The van der Waals surface area contributed by atoms with Gasteiger partial charge >= 0.3 is 0 Å². The summed E-state index contributed by atoms with van der Waals surface area (Å²) in [5.74, 6) is 0.0460. The predicted molar refractivity (Wildman–Crippen MR) is 113 cm³/mol. The molecule has 4 nitrogen and oxygen atoms in total. The zero-order valence-electron chi connectivity index (χ0n) is 16.1. The number of likely N-dealkylation sites (tertiary alicyclic amines) is 1. The minimum Gasteiger partial charge on any atom is -0.374 e. The summed E-state index contributed by atoms with van der Waals surface area (Å²) < 4.78 is 0. The van der Waals surface area contributed by atoms with E-state index < -0.39 is 0 Å². The molecule has 0 aliphatic carbocycles. The first-order chi connectivity index (χ1) is 13.2. The fraction of sp³-hybridized carbons (Fsp3) is 0.500. The highest BCUT2D eigenvalue weighted by Crippen LogP contribution is 2.31. The molecule has 1 aromatic heterocycles. The minimum atomic E-state index is 0.0460. The zero-order chi connectivity index (χ0) is 18.6. The number of aryl methyl sites for hydroxylation is 1. The second-order valence-electron chi connectivity index (χ2n) is 7.71. The summed E-state index contributed by atoms with van der Waals surface area (Å²) >= 11 is 1.50. The van der Waals surface area contributed by atoms with E-state index in [1.165, 1.54) is 53.8 Å². The molecule has 2 aliphatic heterocycles. The van der Waals surface area contributed by atoms with Crippen molar-refractivity contribution in [3.05, 3.63) is 51.7 Å². The van der Waals surface area contributed by atoms with Gasteiger partial charge in [-0.3, -0.25) is 9.69 Å². The van der Waals surface area contributed by atoms with Gasteiger partial charge in [-0.2, -0.15) is 0 Å². The predicted octanol–water partition coefficient (Wildman–Crippen LogP) is 4.09. The smallest absolute Gasteiger partial charge is 0.261 e. The molecule has 0 spiro atoms. The molecule has 0 bridgehead atoms. The van der Waals surface area contributed by atoms with E-state index in [2.05, 4.69) is 40.4 Å². The second-order valence-corrected chi connectivity index (χ2v) is 8.66. The van der Waals surface area contributed by atoms with Crippen molar-refractivity contribution < 1.29 is 4.79 Å². The minimum absolute atomic E-state index is 0.0460. The molecule has 1 amide bonds. The Morgan fingerprint density at radius 1 is 1.15 bits per heavy atom. The van der Waals surface area contributed by atoms with Crippen molar-refractivity contribution in [1.29, 1.82) is 0 Å². The lowest BCUT2D eigenvalue weighted by Gasteiger charge is -2.36. The summed E-state index contributed by atoms with van der Waals surface area (Å²) in [5, 5.41) is 5.14. The monoisotopic (exact) mass is 383 g/mol. The van der Waals surface area contributed by atoms with Crippen LogP contribution in [0.3, 0.4) is 0 Å². The van der Waals surface area contributed by atoms with Gasteiger partial charge in [0.1, 0.15) is 0 Å². The first kappa shape index (κ1) is 18.5. The summed E-state index contributed by atoms with van der Waals surface area (Å²) in [6, 6.07) is 11.0. The van der Waals surface area contributed by atoms with Crippen LogP contribution in [0.1, 0.15) is 52.5 Å². The molecule has 1 fully saturated rings. The van der Waals surface area contributed by atoms with Crippen molar-refractivity contribution in [3.8, 4) is 0 Å². The molecule has 144 valence electrons. The highest BCUT2D eigenvalue weighted by molar-refractivity contribution is 7.12.